The Morgan fingerprint density at radius 3 is 2.61 bits per heavy atom. The van der Waals surface area contributed by atoms with E-state index in [-0.39, 0.29) is 5.92 Å². The van der Waals surface area contributed by atoms with Gasteiger partial charge in [-0.25, -0.2) is 8.78 Å². The van der Waals surface area contributed by atoms with Crippen LogP contribution in [0.4, 0.5) is 8.78 Å². The van der Waals surface area contributed by atoms with Gasteiger partial charge in [0.15, 0.2) is 0 Å². The van der Waals surface area contributed by atoms with E-state index >= 15 is 0 Å². The van der Waals surface area contributed by atoms with Gasteiger partial charge in [-0.15, -0.1) is 0 Å². The van der Waals surface area contributed by atoms with Gasteiger partial charge < -0.3 is 5.32 Å². The quantitative estimate of drug-likeness (QED) is 0.812. The molecule has 0 aliphatic heterocycles. The lowest BCUT2D eigenvalue weighted by atomic mass is 9.85. The predicted octanol–water partition coefficient (Wildman–Crippen LogP) is 3.85. The second kappa shape index (κ2) is 5.79. The Labute approximate surface area is 108 Å². The molecule has 0 amide bonds. The molecule has 0 heterocycles. The minimum absolute atomic E-state index is 0.121. The molecule has 0 aromatic heterocycles. The molecule has 100 valence electrons. The third kappa shape index (κ3) is 3.29. The molecule has 0 spiro atoms. The van der Waals surface area contributed by atoms with E-state index in [1.54, 1.807) is 6.07 Å². The average Bonchev–Trinajstić information content (AvgIpc) is 3.15. The number of hydrogen-bond acceptors (Lipinski definition) is 1. The Bertz CT molecular complexity index is 401. The van der Waals surface area contributed by atoms with Gasteiger partial charge in [0.05, 0.1) is 0 Å². The molecule has 1 aliphatic carbocycles. The maximum absolute atomic E-state index is 13.9. The fourth-order valence-corrected chi connectivity index (χ4v) is 2.29. The lowest BCUT2D eigenvalue weighted by molar-refractivity contribution is 0.405. The van der Waals surface area contributed by atoms with Crippen LogP contribution in [-0.4, -0.2) is 12.6 Å². The van der Waals surface area contributed by atoms with Crippen LogP contribution in [0, 0.1) is 17.6 Å². The summed E-state index contributed by atoms with van der Waals surface area (Å²) in [6.07, 6.45) is 3.44. The van der Waals surface area contributed by atoms with E-state index in [9.17, 15) is 8.78 Å². The third-order valence-corrected chi connectivity index (χ3v) is 3.90. The molecule has 3 heteroatoms. The third-order valence-electron chi connectivity index (χ3n) is 3.90. The van der Waals surface area contributed by atoms with Crippen molar-refractivity contribution in [3.05, 3.63) is 35.4 Å². The van der Waals surface area contributed by atoms with Gasteiger partial charge in [0, 0.05) is 24.6 Å². The molecule has 0 saturated heterocycles. The van der Waals surface area contributed by atoms with Crippen LogP contribution in [0.1, 0.15) is 44.6 Å². The first-order chi connectivity index (χ1) is 8.61. The highest BCUT2D eigenvalue weighted by molar-refractivity contribution is 5.24. The van der Waals surface area contributed by atoms with Crippen molar-refractivity contribution in [2.75, 3.05) is 6.54 Å². The van der Waals surface area contributed by atoms with Crippen molar-refractivity contribution in [2.24, 2.45) is 5.92 Å². The molecule has 1 saturated carbocycles. The first-order valence-corrected chi connectivity index (χ1v) is 6.80. The molecule has 1 N–H and O–H groups in total. The summed E-state index contributed by atoms with van der Waals surface area (Å²) in [5.74, 6) is -0.417. The summed E-state index contributed by atoms with van der Waals surface area (Å²) in [6.45, 7) is 5.01. The number of halogens is 2. The lowest BCUT2D eigenvalue weighted by Crippen LogP contribution is -2.27. The Kier molecular flexibility index (Phi) is 4.33. The highest BCUT2D eigenvalue weighted by Gasteiger charge is 2.26. The van der Waals surface area contributed by atoms with Gasteiger partial charge in [0.25, 0.3) is 0 Å². The summed E-state index contributed by atoms with van der Waals surface area (Å²) in [4.78, 5) is 0. The van der Waals surface area contributed by atoms with E-state index in [1.807, 2.05) is 0 Å². The highest BCUT2D eigenvalue weighted by atomic mass is 19.1. The topological polar surface area (TPSA) is 12.0 Å². The largest absolute Gasteiger partial charge is 0.313 e. The van der Waals surface area contributed by atoms with Gasteiger partial charge in [-0.05, 0) is 30.4 Å². The van der Waals surface area contributed by atoms with Gasteiger partial charge in [0.2, 0.25) is 0 Å². The summed E-state index contributed by atoms with van der Waals surface area (Å²) in [5, 5.41) is 3.45. The fourth-order valence-electron chi connectivity index (χ4n) is 2.29. The zero-order valence-corrected chi connectivity index (χ0v) is 11.0. The van der Waals surface area contributed by atoms with Crippen LogP contribution in [-0.2, 0) is 0 Å². The number of rotatable bonds is 6. The zero-order valence-electron chi connectivity index (χ0n) is 11.0. The molecular formula is C15H21F2N. The first kappa shape index (κ1) is 13.5. The van der Waals surface area contributed by atoms with E-state index in [4.69, 9.17) is 0 Å². The van der Waals surface area contributed by atoms with Crippen LogP contribution in [0.5, 0.6) is 0 Å². The first-order valence-electron chi connectivity index (χ1n) is 6.80. The van der Waals surface area contributed by atoms with Crippen molar-refractivity contribution in [3.8, 4) is 0 Å². The van der Waals surface area contributed by atoms with Crippen LogP contribution in [0.15, 0.2) is 18.2 Å². The van der Waals surface area contributed by atoms with Crippen molar-refractivity contribution in [1.29, 1.82) is 0 Å². The van der Waals surface area contributed by atoms with Crippen LogP contribution >= 0.6 is 0 Å². The molecule has 1 nitrogen and oxygen atoms in total. The van der Waals surface area contributed by atoms with Gasteiger partial charge in [0.1, 0.15) is 11.6 Å². The highest BCUT2D eigenvalue weighted by Crippen LogP contribution is 2.30. The van der Waals surface area contributed by atoms with Crippen LogP contribution < -0.4 is 5.32 Å². The van der Waals surface area contributed by atoms with Gasteiger partial charge in [-0.2, -0.15) is 0 Å². The van der Waals surface area contributed by atoms with Crippen molar-refractivity contribution in [2.45, 2.75) is 45.1 Å². The smallest absolute Gasteiger partial charge is 0.129 e. The summed E-state index contributed by atoms with van der Waals surface area (Å²) >= 11 is 0. The zero-order chi connectivity index (χ0) is 13.1. The molecule has 0 bridgehead atoms. The number of nitrogens with one attached hydrogen (secondary N) is 1. The summed E-state index contributed by atoms with van der Waals surface area (Å²) in [7, 11) is 0. The standard InChI is InChI=1S/C15H21F2N/c1-3-10(2)14(9-18-12-5-6-12)13-7-4-11(16)8-15(13)17/h4,7-8,10,12,14,18H,3,5-6,9H2,1-2H3. The Hall–Kier alpha value is -0.960. The molecule has 18 heavy (non-hydrogen) atoms. The van der Waals surface area contributed by atoms with Gasteiger partial charge in [-0.3, -0.25) is 0 Å². The molecule has 0 radical (unpaired) electrons. The molecule has 1 fully saturated rings. The van der Waals surface area contributed by atoms with Crippen LogP contribution in [0.25, 0.3) is 0 Å². The Morgan fingerprint density at radius 1 is 1.33 bits per heavy atom. The van der Waals surface area contributed by atoms with Gasteiger partial charge in [-0.1, -0.05) is 26.3 Å². The molecule has 2 rings (SSSR count). The fraction of sp³-hybridized carbons (Fsp3) is 0.600. The van der Waals surface area contributed by atoms with Crippen molar-refractivity contribution >= 4 is 0 Å². The molecule has 1 aromatic rings. The molecule has 2 unspecified atom stereocenters. The van der Waals surface area contributed by atoms with Crippen LogP contribution in [0.2, 0.25) is 0 Å². The van der Waals surface area contributed by atoms with Crippen molar-refractivity contribution in [1.82, 2.24) is 5.32 Å². The number of benzene rings is 1. The Balaban J connectivity index is 2.14. The van der Waals surface area contributed by atoms with Crippen molar-refractivity contribution < 1.29 is 8.78 Å². The minimum Gasteiger partial charge on any atom is -0.313 e. The van der Waals surface area contributed by atoms with E-state index in [2.05, 4.69) is 19.2 Å². The molecule has 2 atom stereocenters. The van der Waals surface area contributed by atoms with E-state index < -0.39 is 11.6 Å². The monoisotopic (exact) mass is 253 g/mol. The second-order valence-corrected chi connectivity index (χ2v) is 5.34. The molecule has 1 aromatic carbocycles. The maximum Gasteiger partial charge on any atom is 0.129 e. The summed E-state index contributed by atoms with van der Waals surface area (Å²) in [5.41, 5.74) is 0.638. The second-order valence-electron chi connectivity index (χ2n) is 5.34. The molecule has 1 aliphatic rings. The predicted molar refractivity (Wildman–Crippen MR) is 69.6 cm³/mol. The SMILES string of the molecule is CCC(C)C(CNC1CC1)c1ccc(F)cc1F. The van der Waals surface area contributed by atoms with Crippen LogP contribution in [0.3, 0.4) is 0 Å². The normalized spacial score (nSPS) is 18.7. The minimum atomic E-state index is -0.505. The molecular weight excluding hydrogens is 232 g/mol. The lowest BCUT2D eigenvalue weighted by Gasteiger charge is -2.24. The summed E-state index contributed by atoms with van der Waals surface area (Å²) < 4.78 is 26.8. The van der Waals surface area contributed by atoms with Crippen molar-refractivity contribution in [3.63, 3.8) is 0 Å². The van der Waals surface area contributed by atoms with E-state index in [0.717, 1.165) is 19.0 Å². The van der Waals surface area contributed by atoms with E-state index in [1.165, 1.54) is 18.9 Å². The maximum atomic E-state index is 13.9. The van der Waals surface area contributed by atoms with E-state index in [0.29, 0.717) is 17.5 Å². The number of hydrogen-bond donors (Lipinski definition) is 1. The average molecular weight is 253 g/mol. The Morgan fingerprint density at radius 2 is 2.06 bits per heavy atom. The summed E-state index contributed by atoms with van der Waals surface area (Å²) in [6, 6.07) is 4.54. The van der Waals surface area contributed by atoms with Gasteiger partial charge >= 0.3 is 0 Å².